The molecule has 0 bridgehead atoms. The van der Waals surface area contributed by atoms with Crippen molar-refractivity contribution in [1.29, 1.82) is 0 Å². The highest BCUT2D eigenvalue weighted by molar-refractivity contribution is 6.35. The lowest BCUT2D eigenvalue weighted by molar-refractivity contribution is -0.110. The van der Waals surface area contributed by atoms with Gasteiger partial charge in [0.25, 0.3) is 17.7 Å². The number of aryl methyl sites for hydroxylation is 1. The van der Waals surface area contributed by atoms with Gasteiger partial charge in [-0.25, -0.2) is 0 Å². The van der Waals surface area contributed by atoms with Gasteiger partial charge in [0.2, 0.25) is 0 Å². The van der Waals surface area contributed by atoms with Crippen molar-refractivity contribution in [3.8, 4) is 0 Å². The van der Waals surface area contributed by atoms with Crippen LogP contribution >= 0.6 is 11.6 Å². The summed E-state index contributed by atoms with van der Waals surface area (Å²) in [6.07, 6.45) is 6.33. The Balaban J connectivity index is 1.23. The Morgan fingerprint density at radius 3 is 2.56 bits per heavy atom. The first-order valence-corrected chi connectivity index (χ1v) is 15.5. The first kappa shape index (κ1) is 29.2. The largest absolute Gasteiger partial charge is 0.358 e. The van der Waals surface area contributed by atoms with Crippen LogP contribution in [0.25, 0.3) is 11.6 Å². The van der Waals surface area contributed by atoms with Crippen LogP contribution in [0.3, 0.4) is 0 Å². The SMILES string of the molecule is Cc1[nH]c(C=C2C(=O)Nc3ccc(C(=O)N[C@@H](C)c4ccc(Cl)cc4)cc32)c(C)c1C(=O)N1CCC[C@H]1CN1CCCC1. The Kier molecular flexibility index (Phi) is 8.16. The summed E-state index contributed by atoms with van der Waals surface area (Å²) in [4.78, 5) is 48.0. The molecule has 0 spiro atoms. The number of nitrogens with zero attached hydrogens (tertiary/aromatic N) is 2. The Morgan fingerprint density at radius 2 is 1.81 bits per heavy atom. The molecule has 224 valence electrons. The first-order chi connectivity index (χ1) is 20.7. The van der Waals surface area contributed by atoms with Crippen LogP contribution in [0, 0.1) is 13.8 Å². The minimum Gasteiger partial charge on any atom is -0.358 e. The van der Waals surface area contributed by atoms with Gasteiger partial charge in [-0.1, -0.05) is 23.7 Å². The number of anilines is 1. The molecule has 0 saturated carbocycles. The van der Waals surface area contributed by atoms with Crippen molar-refractivity contribution in [2.24, 2.45) is 0 Å². The van der Waals surface area contributed by atoms with Crippen LogP contribution in [-0.2, 0) is 4.79 Å². The number of fused-ring (bicyclic) bond motifs is 1. The van der Waals surface area contributed by atoms with E-state index in [1.165, 1.54) is 12.8 Å². The number of H-pyrrole nitrogens is 1. The van der Waals surface area contributed by atoms with Crippen molar-refractivity contribution in [3.05, 3.63) is 86.7 Å². The second-order valence-corrected chi connectivity index (χ2v) is 12.4. The van der Waals surface area contributed by atoms with E-state index in [0.29, 0.717) is 33.0 Å². The van der Waals surface area contributed by atoms with Crippen molar-refractivity contribution in [2.75, 3.05) is 31.5 Å². The van der Waals surface area contributed by atoms with Crippen molar-refractivity contribution in [3.63, 3.8) is 0 Å². The topological polar surface area (TPSA) is 97.5 Å². The lowest BCUT2D eigenvalue weighted by Gasteiger charge is -2.28. The Bertz CT molecular complexity index is 1600. The highest BCUT2D eigenvalue weighted by atomic mass is 35.5. The molecule has 0 radical (unpaired) electrons. The molecule has 2 fully saturated rings. The highest BCUT2D eigenvalue weighted by Crippen LogP contribution is 2.35. The number of aromatic amines is 1. The van der Waals surface area contributed by atoms with Crippen molar-refractivity contribution in [1.82, 2.24) is 20.1 Å². The number of benzene rings is 2. The standard InChI is InChI=1S/C34H38ClN5O3/c1-20-30(36-22(3)31(20)34(43)40-16-6-7-26(40)19-39-14-4-5-15-39)18-28-27-17-24(10-13-29(27)38-33(28)42)32(41)37-21(2)23-8-11-25(35)12-9-23/h8-13,17-18,21,26,36H,4-7,14-16,19H2,1-3H3,(H,37,41)(H,38,42)/t21-,26-/m0/s1. The van der Waals surface area contributed by atoms with Crippen LogP contribution in [-0.4, -0.2) is 64.7 Å². The molecule has 43 heavy (non-hydrogen) atoms. The number of carbonyl (C=O) groups excluding carboxylic acids is 3. The second-order valence-electron chi connectivity index (χ2n) is 12.0. The third-order valence-electron chi connectivity index (χ3n) is 9.07. The minimum atomic E-state index is -0.244. The van der Waals surface area contributed by atoms with E-state index < -0.39 is 0 Å². The molecular formula is C34H38ClN5O3. The summed E-state index contributed by atoms with van der Waals surface area (Å²) in [5, 5.41) is 6.57. The number of aromatic nitrogens is 1. The number of likely N-dealkylation sites (tertiary alicyclic amines) is 2. The maximum absolute atomic E-state index is 13.8. The molecule has 8 nitrogen and oxygen atoms in total. The first-order valence-electron chi connectivity index (χ1n) is 15.2. The van der Waals surface area contributed by atoms with Gasteiger partial charge in [0.05, 0.1) is 17.2 Å². The second kappa shape index (κ2) is 12.0. The van der Waals surface area contributed by atoms with E-state index >= 15 is 0 Å². The van der Waals surface area contributed by atoms with E-state index in [1.807, 2.05) is 37.8 Å². The van der Waals surface area contributed by atoms with Gasteiger partial charge < -0.3 is 25.4 Å². The molecule has 3 aromatic rings. The smallest absolute Gasteiger partial charge is 0.256 e. The van der Waals surface area contributed by atoms with Gasteiger partial charge in [0.15, 0.2) is 0 Å². The van der Waals surface area contributed by atoms with E-state index in [0.717, 1.165) is 61.5 Å². The van der Waals surface area contributed by atoms with Crippen molar-refractivity contribution < 1.29 is 14.4 Å². The summed E-state index contributed by atoms with van der Waals surface area (Å²) in [5.41, 5.74) is 6.18. The fourth-order valence-corrected chi connectivity index (χ4v) is 6.80. The lowest BCUT2D eigenvalue weighted by atomic mass is 10.0. The number of hydrogen-bond acceptors (Lipinski definition) is 4. The molecule has 0 aliphatic carbocycles. The van der Waals surface area contributed by atoms with Gasteiger partial charge in [-0.2, -0.15) is 0 Å². The predicted molar refractivity (Wildman–Crippen MR) is 170 cm³/mol. The van der Waals surface area contributed by atoms with Gasteiger partial charge in [-0.05, 0) is 107 Å². The molecule has 3 aliphatic heterocycles. The summed E-state index contributed by atoms with van der Waals surface area (Å²) < 4.78 is 0. The number of amides is 3. The summed E-state index contributed by atoms with van der Waals surface area (Å²) in [6, 6.07) is 12.6. The average molecular weight is 600 g/mol. The van der Waals surface area contributed by atoms with Crippen LogP contribution in [0.1, 0.15) is 87.4 Å². The van der Waals surface area contributed by atoms with Gasteiger partial charge in [-0.15, -0.1) is 0 Å². The van der Waals surface area contributed by atoms with Crippen molar-refractivity contribution >= 4 is 46.7 Å². The molecule has 4 heterocycles. The van der Waals surface area contributed by atoms with Gasteiger partial charge in [-0.3, -0.25) is 14.4 Å². The van der Waals surface area contributed by atoms with Gasteiger partial charge in [0, 0.05) is 52.4 Å². The summed E-state index contributed by atoms with van der Waals surface area (Å²) in [5.74, 6) is -0.424. The number of hydrogen-bond donors (Lipinski definition) is 3. The summed E-state index contributed by atoms with van der Waals surface area (Å²) >= 11 is 6.01. The highest BCUT2D eigenvalue weighted by Gasteiger charge is 2.34. The Labute approximate surface area is 257 Å². The number of carbonyl (C=O) groups is 3. The molecule has 3 amide bonds. The number of halogens is 1. The molecule has 6 rings (SSSR count). The monoisotopic (exact) mass is 599 g/mol. The van der Waals surface area contributed by atoms with Crippen LogP contribution in [0.4, 0.5) is 5.69 Å². The zero-order chi connectivity index (χ0) is 30.2. The Morgan fingerprint density at radius 1 is 1.07 bits per heavy atom. The predicted octanol–water partition coefficient (Wildman–Crippen LogP) is 5.97. The molecule has 2 saturated heterocycles. The fraction of sp³-hybridized carbons (Fsp3) is 0.382. The van der Waals surface area contributed by atoms with E-state index in [4.69, 9.17) is 11.6 Å². The van der Waals surface area contributed by atoms with Crippen LogP contribution in [0.5, 0.6) is 0 Å². The van der Waals surface area contributed by atoms with Crippen LogP contribution < -0.4 is 10.6 Å². The molecule has 3 aliphatic rings. The zero-order valence-corrected chi connectivity index (χ0v) is 25.7. The lowest BCUT2D eigenvalue weighted by Crippen LogP contribution is -2.42. The third kappa shape index (κ3) is 5.86. The molecule has 9 heteroatoms. The van der Waals surface area contributed by atoms with E-state index in [-0.39, 0.29) is 29.8 Å². The van der Waals surface area contributed by atoms with E-state index in [1.54, 1.807) is 36.4 Å². The average Bonchev–Trinajstić information content (AvgIpc) is 3.78. The normalized spacial score (nSPS) is 20.0. The third-order valence-corrected chi connectivity index (χ3v) is 9.32. The van der Waals surface area contributed by atoms with Gasteiger partial charge in [0.1, 0.15) is 0 Å². The number of rotatable bonds is 7. The zero-order valence-electron chi connectivity index (χ0n) is 24.9. The molecular weight excluding hydrogens is 562 g/mol. The molecule has 2 aromatic carbocycles. The van der Waals surface area contributed by atoms with Crippen LogP contribution in [0.2, 0.25) is 5.02 Å². The van der Waals surface area contributed by atoms with Crippen LogP contribution in [0.15, 0.2) is 42.5 Å². The summed E-state index contributed by atoms with van der Waals surface area (Å²) in [6.45, 7) is 9.72. The Hall–Kier alpha value is -3.88. The fourth-order valence-electron chi connectivity index (χ4n) is 6.67. The van der Waals surface area contributed by atoms with Gasteiger partial charge >= 0.3 is 0 Å². The van der Waals surface area contributed by atoms with Crippen molar-refractivity contribution in [2.45, 2.75) is 58.5 Å². The molecule has 2 atom stereocenters. The molecule has 3 N–H and O–H groups in total. The maximum atomic E-state index is 13.8. The summed E-state index contributed by atoms with van der Waals surface area (Å²) in [7, 11) is 0. The van der Waals surface area contributed by atoms with E-state index in [9.17, 15) is 14.4 Å². The molecule has 0 unspecified atom stereocenters. The van der Waals surface area contributed by atoms with E-state index in [2.05, 4.69) is 20.5 Å². The molecule has 1 aromatic heterocycles. The minimum absolute atomic E-state index is 0.0580. The quantitative estimate of drug-likeness (QED) is 0.292. The number of nitrogens with one attached hydrogen (secondary N) is 3. The maximum Gasteiger partial charge on any atom is 0.256 e.